The summed E-state index contributed by atoms with van der Waals surface area (Å²) in [5.74, 6) is 1.17. The summed E-state index contributed by atoms with van der Waals surface area (Å²) in [6.07, 6.45) is 7.85. The summed E-state index contributed by atoms with van der Waals surface area (Å²) in [5, 5.41) is 13.0. The van der Waals surface area contributed by atoms with Crippen molar-refractivity contribution in [1.29, 1.82) is 0 Å². The van der Waals surface area contributed by atoms with Gasteiger partial charge in [0.1, 0.15) is 10.8 Å². The predicted octanol–water partition coefficient (Wildman–Crippen LogP) is 3.95. The van der Waals surface area contributed by atoms with Gasteiger partial charge >= 0.3 is 5.97 Å². The zero-order valence-corrected chi connectivity index (χ0v) is 17.5. The molecule has 7 heteroatoms. The number of hydrogen-bond donors (Lipinski definition) is 2. The largest absolute Gasteiger partial charge is 0.481 e. The number of aromatic nitrogens is 1. The number of anilines is 1. The quantitative estimate of drug-likeness (QED) is 0.637. The van der Waals surface area contributed by atoms with Crippen LogP contribution in [0.5, 0.6) is 0 Å². The highest BCUT2D eigenvalue weighted by Crippen LogP contribution is 2.29. The summed E-state index contributed by atoms with van der Waals surface area (Å²) in [5.41, 5.74) is 0.661. The number of carboxylic acids is 1. The topological polar surface area (TPSA) is 82.5 Å². The molecule has 2 aliphatic rings. The fourth-order valence-electron chi connectivity index (χ4n) is 4.05. The molecule has 154 valence electrons. The molecule has 1 atom stereocenters. The normalized spacial score (nSPS) is 20.3. The van der Waals surface area contributed by atoms with Gasteiger partial charge in [-0.3, -0.25) is 9.59 Å². The Bertz CT molecular complexity index is 691. The molecule has 1 amide bonds. The Labute approximate surface area is 171 Å². The molecule has 2 N–H and O–H groups in total. The van der Waals surface area contributed by atoms with E-state index in [0.29, 0.717) is 12.1 Å². The molecule has 0 unspecified atom stereocenters. The molecule has 1 aromatic rings. The molecule has 1 aromatic heterocycles. The number of carbonyl (C=O) groups is 2. The summed E-state index contributed by atoms with van der Waals surface area (Å²) in [6.45, 7) is 3.65. The van der Waals surface area contributed by atoms with Crippen molar-refractivity contribution >= 4 is 29.5 Å². The fraction of sp³-hybridized carbons (Fsp3) is 0.667. The minimum atomic E-state index is -0.742. The Balaban J connectivity index is 1.72. The van der Waals surface area contributed by atoms with Crippen LogP contribution in [0.1, 0.15) is 68.6 Å². The van der Waals surface area contributed by atoms with Crippen LogP contribution in [0.4, 0.5) is 5.82 Å². The van der Waals surface area contributed by atoms with E-state index < -0.39 is 5.97 Å². The summed E-state index contributed by atoms with van der Waals surface area (Å²) in [6, 6.07) is 4.08. The van der Waals surface area contributed by atoms with Crippen LogP contribution >= 0.6 is 11.8 Å². The van der Waals surface area contributed by atoms with Crippen molar-refractivity contribution in [1.82, 2.24) is 10.3 Å². The third kappa shape index (κ3) is 5.63. The average Bonchev–Trinajstić information content (AvgIpc) is 3.14. The van der Waals surface area contributed by atoms with E-state index >= 15 is 0 Å². The molecule has 1 aliphatic heterocycles. The van der Waals surface area contributed by atoms with Gasteiger partial charge in [0.15, 0.2) is 0 Å². The van der Waals surface area contributed by atoms with Crippen molar-refractivity contribution in [2.45, 2.75) is 69.4 Å². The van der Waals surface area contributed by atoms with Gasteiger partial charge in [-0.05, 0) is 49.5 Å². The first-order valence-corrected chi connectivity index (χ1v) is 11.5. The predicted molar refractivity (Wildman–Crippen MR) is 112 cm³/mol. The molecule has 2 heterocycles. The lowest BCUT2D eigenvalue weighted by Crippen LogP contribution is -2.36. The Morgan fingerprint density at radius 2 is 2.04 bits per heavy atom. The van der Waals surface area contributed by atoms with E-state index in [1.54, 1.807) is 11.8 Å². The Hall–Kier alpha value is -1.76. The number of nitrogens with zero attached hydrogens (tertiary/aromatic N) is 2. The minimum absolute atomic E-state index is 0.0188. The van der Waals surface area contributed by atoms with E-state index in [2.05, 4.69) is 17.1 Å². The van der Waals surface area contributed by atoms with Gasteiger partial charge in [-0.15, -0.1) is 11.8 Å². The van der Waals surface area contributed by atoms with Gasteiger partial charge in [0.2, 0.25) is 0 Å². The molecule has 0 aromatic carbocycles. The highest BCUT2D eigenvalue weighted by atomic mass is 32.2. The lowest BCUT2D eigenvalue weighted by molar-refractivity contribution is -0.137. The van der Waals surface area contributed by atoms with Crippen LogP contribution in [0.2, 0.25) is 0 Å². The first kappa shape index (κ1) is 21.0. The Kier molecular flexibility index (Phi) is 7.59. The minimum Gasteiger partial charge on any atom is -0.481 e. The number of carboxylic acid groups (broad SMARTS) is 1. The van der Waals surface area contributed by atoms with Crippen molar-refractivity contribution in [3.8, 4) is 0 Å². The highest BCUT2D eigenvalue weighted by Gasteiger charge is 2.27. The Morgan fingerprint density at radius 1 is 1.25 bits per heavy atom. The van der Waals surface area contributed by atoms with Crippen LogP contribution in [0.15, 0.2) is 17.2 Å². The molecular formula is C21H31N3O3S. The molecule has 6 nitrogen and oxygen atoms in total. The SMILES string of the molecule is CCCSc1nc(N2CC[C@H](CC(=O)O)C2)ccc1C(=O)NC1CCCCC1. The van der Waals surface area contributed by atoms with Crippen LogP contribution in [0.25, 0.3) is 0 Å². The summed E-state index contributed by atoms with van der Waals surface area (Å²) in [7, 11) is 0. The van der Waals surface area contributed by atoms with Gasteiger partial charge in [0.05, 0.1) is 5.56 Å². The van der Waals surface area contributed by atoms with Crippen molar-refractivity contribution in [2.24, 2.45) is 5.92 Å². The lowest BCUT2D eigenvalue weighted by atomic mass is 9.95. The summed E-state index contributed by atoms with van der Waals surface area (Å²) >= 11 is 1.63. The van der Waals surface area contributed by atoms with Gasteiger partial charge in [-0.1, -0.05) is 26.2 Å². The zero-order chi connectivity index (χ0) is 19.9. The van der Waals surface area contributed by atoms with Crippen molar-refractivity contribution < 1.29 is 14.7 Å². The van der Waals surface area contributed by atoms with E-state index in [1.165, 1.54) is 19.3 Å². The molecule has 3 rings (SSSR count). The number of aliphatic carboxylic acids is 1. The number of nitrogens with one attached hydrogen (secondary N) is 1. The van der Waals surface area contributed by atoms with Crippen LogP contribution in [0, 0.1) is 5.92 Å². The third-order valence-corrected chi connectivity index (χ3v) is 6.74. The van der Waals surface area contributed by atoms with Crippen molar-refractivity contribution in [2.75, 3.05) is 23.7 Å². The zero-order valence-electron chi connectivity index (χ0n) is 16.7. The van der Waals surface area contributed by atoms with Gasteiger partial charge in [0, 0.05) is 25.6 Å². The van der Waals surface area contributed by atoms with Crippen molar-refractivity contribution in [3.05, 3.63) is 17.7 Å². The standard InChI is InChI=1S/C21H31N3O3S/c1-2-12-28-21-17(20(27)22-16-6-4-3-5-7-16)8-9-18(23-21)24-11-10-15(14-24)13-19(25)26/h8-9,15-16H,2-7,10-14H2,1H3,(H,22,27)(H,25,26)/t15-/m1/s1. The third-order valence-electron chi connectivity index (χ3n) is 5.55. The maximum Gasteiger partial charge on any atom is 0.303 e. The first-order valence-electron chi connectivity index (χ1n) is 10.5. The highest BCUT2D eigenvalue weighted by molar-refractivity contribution is 7.99. The van der Waals surface area contributed by atoms with E-state index in [4.69, 9.17) is 10.1 Å². The molecule has 0 bridgehead atoms. The number of thioether (sulfide) groups is 1. The molecule has 2 fully saturated rings. The molecule has 1 saturated heterocycles. The van der Waals surface area contributed by atoms with E-state index in [0.717, 1.165) is 48.8 Å². The van der Waals surface area contributed by atoms with Crippen LogP contribution < -0.4 is 10.2 Å². The van der Waals surface area contributed by atoms with Gasteiger partial charge < -0.3 is 15.3 Å². The fourth-order valence-corrected chi connectivity index (χ4v) is 4.92. The number of rotatable bonds is 8. The summed E-state index contributed by atoms with van der Waals surface area (Å²) in [4.78, 5) is 30.8. The van der Waals surface area contributed by atoms with Crippen LogP contribution in [0.3, 0.4) is 0 Å². The maximum absolute atomic E-state index is 12.9. The second kappa shape index (κ2) is 10.1. The van der Waals surface area contributed by atoms with Gasteiger partial charge in [0.25, 0.3) is 5.91 Å². The molecule has 1 aliphatic carbocycles. The molecule has 0 radical (unpaired) electrons. The number of pyridine rings is 1. The van der Waals surface area contributed by atoms with Gasteiger partial charge in [-0.25, -0.2) is 4.98 Å². The molecule has 28 heavy (non-hydrogen) atoms. The summed E-state index contributed by atoms with van der Waals surface area (Å²) < 4.78 is 0. The van der Waals surface area contributed by atoms with Crippen LogP contribution in [-0.2, 0) is 4.79 Å². The average molecular weight is 406 g/mol. The second-order valence-corrected chi connectivity index (χ2v) is 8.96. The van der Waals surface area contributed by atoms with Crippen molar-refractivity contribution in [3.63, 3.8) is 0 Å². The Morgan fingerprint density at radius 3 is 2.75 bits per heavy atom. The molecule has 0 spiro atoms. The van der Waals surface area contributed by atoms with E-state index in [-0.39, 0.29) is 24.3 Å². The van der Waals surface area contributed by atoms with Crippen LogP contribution in [-0.4, -0.2) is 46.9 Å². The van der Waals surface area contributed by atoms with E-state index in [1.807, 2.05) is 12.1 Å². The number of hydrogen-bond acceptors (Lipinski definition) is 5. The molecule has 1 saturated carbocycles. The maximum atomic E-state index is 12.9. The second-order valence-electron chi connectivity index (χ2n) is 7.88. The lowest BCUT2D eigenvalue weighted by Gasteiger charge is -2.24. The first-order chi connectivity index (χ1) is 13.6. The number of carbonyl (C=O) groups excluding carboxylic acids is 1. The van der Waals surface area contributed by atoms with E-state index in [9.17, 15) is 9.59 Å². The monoisotopic (exact) mass is 405 g/mol. The van der Waals surface area contributed by atoms with Gasteiger partial charge in [-0.2, -0.15) is 0 Å². The molecular weight excluding hydrogens is 374 g/mol. The number of amides is 1. The smallest absolute Gasteiger partial charge is 0.303 e.